The molecule has 0 aliphatic rings. The molecule has 1 rings (SSSR count). The lowest BCUT2D eigenvalue weighted by Crippen LogP contribution is -2.29. The van der Waals surface area contributed by atoms with E-state index in [1.165, 1.54) is 0 Å². The second kappa shape index (κ2) is 5.89. The van der Waals surface area contributed by atoms with Gasteiger partial charge in [0.15, 0.2) is 0 Å². The molecule has 0 radical (unpaired) electrons. The third-order valence-electron chi connectivity index (χ3n) is 2.50. The molecule has 0 saturated heterocycles. The second-order valence-electron chi connectivity index (χ2n) is 4.16. The minimum absolute atomic E-state index is 0.162. The third-order valence-corrected chi connectivity index (χ3v) is 2.81. The number of likely N-dealkylation sites (N-methyl/N-ethyl adjacent to an activating group) is 2. The molecule has 0 amide bonds. The van der Waals surface area contributed by atoms with Gasteiger partial charge in [-0.1, -0.05) is 17.7 Å². The quantitative estimate of drug-likeness (QED) is 0.876. The van der Waals surface area contributed by atoms with Crippen molar-refractivity contribution in [1.29, 1.82) is 0 Å². The van der Waals surface area contributed by atoms with Crippen LogP contribution in [0.4, 0.5) is 5.69 Å². The van der Waals surface area contributed by atoms with Gasteiger partial charge in [-0.05, 0) is 26.2 Å². The van der Waals surface area contributed by atoms with Crippen LogP contribution in [0.2, 0.25) is 5.02 Å². The largest absolute Gasteiger partial charge is 0.478 e. The van der Waals surface area contributed by atoms with Gasteiger partial charge in [0.1, 0.15) is 5.56 Å². The summed E-state index contributed by atoms with van der Waals surface area (Å²) in [6, 6.07) is 5.12. The van der Waals surface area contributed by atoms with E-state index < -0.39 is 5.97 Å². The van der Waals surface area contributed by atoms with Crippen LogP contribution in [-0.4, -0.2) is 50.2 Å². The van der Waals surface area contributed by atoms with Gasteiger partial charge in [-0.3, -0.25) is 0 Å². The summed E-state index contributed by atoms with van der Waals surface area (Å²) in [6.45, 7) is 1.59. The first-order valence-corrected chi connectivity index (χ1v) is 5.69. The molecule has 1 N–H and O–H groups in total. The molecule has 17 heavy (non-hydrogen) atoms. The minimum atomic E-state index is -0.998. The molecule has 0 aromatic heterocycles. The normalized spacial score (nSPS) is 10.6. The van der Waals surface area contributed by atoms with Crippen LogP contribution in [0.25, 0.3) is 0 Å². The summed E-state index contributed by atoms with van der Waals surface area (Å²) in [4.78, 5) is 15.1. The summed E-state index contributed by atoms with van der Waals surface area (Å²) < 4.78 is 0. The SMILES string of the molecule is CN(C)CCN(C)c1cccc(Cl)c1C(=O)O. The average molecular weight is 257 g/mol. The number of anilines is 1. The lowest BCUT2D eigenvalue weighted by atomic mass is 10.1. The van der Waals surface area contributed by atoms with Crippen LogP contribution >= 0.6 is 11.6 Å². The zero-order chi connectivity index (χ0) is 13.0. The highest BCUT2D eigenvalue weighted by Crippen LogP contribution is 2.26. The average Bonchev–Trinajstić information content (AvgIpc) is 2.24. The van der Waals surface area contributed by atoms with Crippen LogP contribution in [-0.2, 0) is 0 Å². The van der Waals surface area contributed by atoms with E-state index in [2.05, 4.69) is 0 Å². The first-order chi connectivity index (χ1) is 7.93. The highest BCUT2D eigenvalue weighted by molar-refractivity contribution is 6.34. The fraction of sp³-hybridized carbons (Fsp3) is 0.417. The van der Waals surface area contributed by atoms with Gasteiger partial charge in [0.2, 0.25) is 0 Å². The lowest BCUT2D eigenvalue weighted by Gasteiger charge is -2.23. The third kappa shape index (κ3) is 3.61. The molecule has 0 saturated carbocycles. The fourth-order valence-electron chi connectivity index (χ4n) is 1.51. The highest BCUT2D eigenvalue weighted by atomic mass is 35.5. The van der Waals surface area contributed by atoms with Crippen LogP contribution in [0.3, 0.4) is 0 Å². The van der Waals surface area contributed by atoms with Crippen molar-refractivity contribution in [2.24, 2.45) is 0 Å². The van der Waals surface area contributed by atoms with Crippen molar-refractivity contribution in [3.63, 3.8) is 0 Å². The van der Waals surface area contributed by atoms with Gasteiger partial charge in [0, 0.05) is 20.1 Å². The Hall–Kier alpha value is -1.26. The monoisotopic (exact) mass is 256 g/mol. The van der Waals surface area contributed by atoms with Crippen molar-refractivity contribution in [3.8, 4) is 0 Å². The number of carbonyl (C=O) groups is 1. The van der Waals surface area contributed by atoms with Gasteiger partial charge in [0.05, 0.1) is 10.7 Å². The Bertz CT molecular complexity index is 407. The number of hydrogen-bond donors (Lipinski definition) is 1. The van der Waals surface area contributed by atoms with Crippen LogP contribution in [0, 0.1) is 0 Å². The second-order valence-corrected chi connectivity index (χ2v) is 4.57. The van der Waals surface area contributed by atoms with E-state index in [0.717, 1.165) is 13.1 Å². The van der Waals surface area contributed by atoms with Crippen molar-refractivity contribution >= 4 is 23.3 Å². The predicted molar refractivity (Wildman–Crippen MR) is 70.2 cm³/mol. The molecule has 5 heteroatoms. The Morgan fingerprint density at radius 2 is 1.94 bits per heavy atom. The van der Waals surface area contributed by atoms with Crippen LogP contribution in [0.15, 0.2) is 18.2 Å². The number of benzene rings is 1. The number of carboxylic acid groups (broad SMARTS) is 1. The molecule has 0 spiro atoms. The minimum Gasteiger partial charge on any atom is -0.478 e. The lowest BCUT2D eigenvalue weighted by molar-refractivity contribution is 0.0698. The van der Waals surface area contributed by atoms with Crippen LogP contribution < -0.4 is 4.90 Å². The van der Waals surface area contributed by atoms with E-state index in [9.17, 15) is 4.79 Å². The van der Waals surface area contributed by atoms with Crippen LogP contribution in [0.5, 0.6) is 0 Å². The maximum atomic E-state index is 11.2. The van der Waals surface area contributed by atoms with Crippen molar-refractivity contribution < 1.29 is 9.90 Å². The number of aromatic carboxylic acids is 1. The van der Waals surface area contributed by atoms with E-state index in [-0.39, 0.29) is 10.6 Å². The Labute approximate surface area is 106 Å². The van der Waals surface area contributed by atoms with Gasteiger partial charge >= 0.3 is 5.97 Å². The summed E-state index contributed by atoms with van der Waals surface area (Å²) >= 11 is 5.91. The zero-order valence-electron chi connectivity index (χ0n) is 10.3. The molecule has 0 aliphatic carbocycles. The standard InChI is InChI=1S/C12H17ClN2O2/c1-14(2)7-8-15(3)10-6-4-5-9(13)11(10)12(16)17/h4-6H,7-8H2,1-3H3,(H,16,17). The summed E-state index contributed by atoms with van der Waals surface area (Å²) in [5.74, 6) is -0.998. The Balaban J connectivity index is 2.96. The van der Waals surface area contributed by atoms with Gasteiger partial charge in [-0.2, -0.15) is 0 Å². The Kier molecular flexibility index (Phi) is 4.78. The molecule has 4 nitrogen and oxygen atoms in total. The van der Waals surface area contributed by atoms with Crippen molar-refractivity contribution in [3.05, 3.63) is 28.8 Å². The zero-order valence-corrected chi connectivity index (χ0v) is 11.0. The summed E-state index contributed by atoms with van der Waals surface area (Å²) in [5.41, 5.74) is 0.808. The topological polar surface area (TPSA) is 43.8 Å². The van der Waals surface area contributed by atoms with E-state index in [4.69, 9.17) is 16.7 Å². The Morgan fingerprint density at radius 3 is 2.47 bits per heavy atom. The van der Waals surface area contributed by atoms with Gasteiger partial charge in [0.25, 0.3) is 0 Å². The molecule has 0 fully saturated rings. The predicted octanol–water partition coefficient (Wildman–Crippen LogP) is 2.04. The first kappa shape index (κ1) is 13.8. The number of nitrogens with zero attached hydrogens (tertiary/aromatic N) is 2. The molecule has 0 aliphatic heterocycles. The van der Waals surface area contributed by atoms with Gasteiger partial charge < -0.3 is 14.9 Å². The maximum Gasteiger partial charge on any atom is 0.339 e. The fourth-order valence-corrected chi connectivity index (χ4v) is 1.76. The van der Waals surface area contributed by atoms with Crippen LogP contribution in [0.1, 0.15) is 10.4 Å². The smallest absolute Gasteiger partial charge is 0.339 e. The summed E-state index contributed by atoms with van der Waals surface area (Å²) in [5, 5.41) is 9.42. The van der Waals surface area contributed by atoms with Crippen molar-refractivity contribution in [2.45, 2.75) is 0 Å². The highest BCUT2D eigenvalue weighted by Gasteiger charge is 2.16. The van der Waals surface area contributed by atoms with Gasteiger partial charge in [-0.25, -0.2) is 4.79 Å². The van der Waals surface area contributed by atoms with E-state index in [1.54, 1.807) is 18.2 Å². The maximum absolute atomic E-state index is 11.2. The molecule has 94 valence electrons. The number of hydrogen-bond acceptors (Lipinski definition) is 3. The van der Waals surface area contributed by atoms with E-state index >= 15 is 0 Å². The molecule has 0 atom stereocenters. The summed E-state index contributed by atoms with van der Waals surface area (Å²) in [7, 11) is 5.81. The first-order valence-electron chi connectivity index (χ1n) is 5.31. The molecule has 0 heterocycles. The molecule has 0 unspecified atom stereocenters. The molecular formula is C12H17ClN2O2. The molecule has 0 bridgehead atoms. The number of halogens is 1. The Morgan fingerprint density at radius 1 is 1.29 bits per heavy atom. The molecule has 1 aromatic carbocycles. The van der Waals surface area contributed by atoms with Crippen molar-refractivity contribution in [2.75, 3.05) is 39.1 Å². The van der Waals surface area contributed by atoms with Crippen molar-refractivity contribution in [1.82, 2.24) is 4.90 Å². The van der Waals surface area contributed by atoms with E-state index in [1.807, 2.05) is 30.9 Å². The number of carboxylic acids is 1. The molecule has 1 aromatic rings. The molecular weight excluding hydrogens is 240 g/mol. The van der Waals surface area contributed by atoms with E-state index in [0.29, 0.717) is 5.69 Å². The van der Waals surface area contributed by atoms with Gasteiger partial charge in [-0.15, -0.1) is 0 Å². The summed E-state index contributed by atoms with van der Waals surface area (Å²) in [6.07, 6.45) is 0. The number of rotatable bonds is 5.